The number of nitrogens with zero attached hydrogens (tertiary/aromatic N) is 3. The molecule has 2 aliphatic rings. The SMILES string of the molecule is CC1(O)CCC(Cc2cccc3nc(Nc4ccc5c(c4)NC(=O)C5(C)C)nn23)CC1. The van der Waals surface area contributed by atoms with Crippen molar-refractivity contribution in [1.82, 2.24) is 14.6 Å². The highest BCUT2D eigenvalue weighted by atomic mass is 16.3. The molecule has 3 N–H and O–H groups in total. The molecule has 7 nitrogen and oxygen atoms in total. The van der Waals surface area contributed by atoms with E-state index < -0.39 is 11.0 Å². The Morgan fingerprint density at radius 3 is 2.74 bits per heavy atom. The molecule has 3 aromatic rings. The lowest BCUT2D eigenvalue weighted by Crippen LogP contribution is -2.31. The molecule has 1 aliphatic heterocycles. The van der Waals surface area contributed by atoms with Gasteiger partial charge in [0.25, 0.3) is 0 Å². The van der Waals surface area contributed by atoms with Crippen molar-refractivity contribution < 1.29 is 9.90 Å². The van der Waals surface area contributed by atoms with Crippen molar-refractivity contribution in [2.24, 2.45) is 5.92 Å². The highest BCUT2D eigenvalue weighted by Gasteiger charge is 2.38. The van der Waals surface area contributed by atoms with E-state index in [2.05, 4.69) is 21.7 Å². The Bertz CT molecular complexity index is 1150. The number of anilines is 3. The third kappa shape index (κ3) is 3.67. The van der Waals surface area contributed by atoms with E-state index in [9.17, 15) is 9.90 Å². The molecule has 0 saturated heterocycles. The Balaban J connectivity index is 1.36. The molecule has 5 rings (SSSR count). The molecule has 2 aromatic heterocycles. The highest BCUT2D eigenvalue weighted by Crippen LogP contribution is 2.39. The molecule has 1 aliphatic carbocycles. The van der Waals surface area contributed by atoms with Gasteiger partial charge in [-0.05, 0) is 88.6 Å². The summed E-state index contributed by atoms with van der Waals surface area (Å²) in [6, 6.07) is 12.0. The number of hydrogen-bond acceptors (Lipinski definition) is 5. The number of nitrogens with one attached hydrogen (secondary N) is 2. The van der Waals surface area contributed by atoms with Crippen molar-refractivity contribution in [2.45, 2.75) is 63.9 Å². The van der Waals surface area contributed by atoms with Crippen molar-refractivity contribution in [3.8, 4) is 0 Å². The van der Waals surface area contributed by atoms with Gasteiger partial charge in [0.15, 0.2) is 5.65 Å². The topological polar surface area (TPSA) is 91.5 Å². The summed E-state index contributed by atoms with van der Waals surface area (Å²) in [5.74, 6) is 1.09. The first-order valence-electron chi connectivity index (χ1n) is 11.0. The Labute approximate surface area is 181 Å². The fraction of sp³-hybridized carbons (Fsp3) is 0.458. The number of aromatic nitrogens is 3. The summed E-state index contributed by atoms with van der Waals surface area (Å²) in [4.78, 5) is 16.8. The van der Waals surface area contributed by atoms with Crippen LogP contribution in [-0.2, 0) is 16.6 Å². The number of pyridine rings is 1. The largest absolute Gasteiger partial charge is 0.390 e. The number of carbonyl (C=O) groups excluding carboxylic acids is 1. The Hall–Kier alpha value is -2.93. The van der Waals surface area contributed by atoms with Crippen LogP contribution in [0.1, 0.15) is 57.7 Å². The molecule has 1 fully saturated rings. The van der Waals surface area contributed by atoms with E-state index in [0.29, 0.717) is 11.9 Å². The molecular formula is C24H29N5O2. The number of amides is 1. The Morgan fingerprint density at radius 2 is 1.97 bits per heavy atom. The minimum atomic E-state index is -0.517. The van der Waals surface area contributed by atoms with E-state index in [4.69, 9.17) is 5.10 Å². The van der Waals surface area contributed by atoms with Gasteiger partial charge in [-0.15, -0.1) is 5.10 Å². The first-order chi connectivity index (χ1) is 14.7. The molecule has 1 amide bonds. The minimum Gasteiger partial charge on any atom is -0.390 e. The minimum absolute atomic E-state index is 0.0133. The van der Waals surface area contributed by atoms with Crippen molar-refractivity contribution in [1.29, 1.82) is 0 Å². The van der Waals surface area contributed by atoms with Gasteiger partial charge < -0.3 is 15.7 Å². The van der Waals surface area contributed by atoms with Crippen LogP contribution >= 0.6 is 0 Å². The summed E-state index contributed by atoms with van der Waals surface area (Å²) in [5, 5.41) is 21.2. The Morgan fingerprint density at radius 1 is 1.19 bits per heavy atom. The number of rotatable bonds is 4. The van der Waals surface area contributed by atoms with E-state index in [1.807, 2.05) is 55.6 Å². The average molecular weight is 420 g/mol. The molecule has 1 saturated carbocycles. The zero-order chi connectivity index (χ0) is 21.8. The second-order valence-corrected chi connectivity index (χ2v) is 9.83. The molecule has 0 spiro atoms. The number of aliphatic hydroxyl groups is 1. The molecule has 0 bridgehead atoms. The normalized spacial score (nSPS) is 24.8. The van der Waals surface area contributed by atoms with Crippen LogP contribution in [-0.4, -0.2) is 31.2 Å². The quantitative estimate of drug-likeness (QED) is 0.590. The molecule has 31 heavy (non-hydrogen) atoms. The van der Waals surface area contributed by atoms with Gasteiger partial charge in [-0.1, -0.05) is 12.1 Å². The van der Waals surface area contributed by atoms with Crippen molar-refractivity contribution in [3.63, 3.8) is 0 Å². The van der Waals surface area contributed by atoms with Crippen LogP contribution in [0.2, 0.25) is 0 Å². The van der Waals surface area contributed by atoms with Crippen LogP contribution < -0.4 is 10.6 Å². The maximum Gasteiger partial charge on any atom is 0.247 e. The fourth-order valence-corrected chi connectivity index (χ4v) is 4.77. The zero-order valence-corrected chi connectivity index (χ0v) is 18.3. The van der Waals surface area contributed by atoms with Crippen molar-refractivity contribution in [2.75, 3.05) is 10.6 Å². The van der Waals surface area contributed by atoms with Gasteiger partial charge in [-0.2, -0.15) is 4.98 Å². The fourth-order valence-electron chi connectivity index (χ4n) is 4.77. The maximum absolute atomic E-state index is 12.2. The average Bonchev–Trinajstić information content (AvgIpc) is 3.22. The first-order valence-corrected chi connectivity index (χ1v) is 11.0. The summed E-state index contributed by atoms with van der Waals surface area (Å²) >= 11 is 0. The summed E-state index contributed by atoms with van der Waals surface area (Å²) in [5.41, 5.74) is 3.57. The molecule has 0 unspecified atom stereocenters. The third-order valence-corrected chi connectivity index (χ3v) is 6.88. The molecule has 1 aromatic carbocycles. The number of hydrogen-bond donors (Lipinski definition) is 3. The smallest absolute Gasteiger partial charge is 0.247 e. The highest BCUT2D eigenvalue weighted by molar-refractivity contribution is 6.06. The van der Waals surface area contributed by atoms with Gasteiger partial charge in [-0.25, -0.2) is 4.52 Å². The molecule has 7 heteroatoms. The third-order valence-electron chi connectivity index (χ3n) is 6.88. The second kappa shape index (κ2) is 7.05. The standard InChI is InChI=1S/C24H29N5O2/c1-23(2)18-8-7-16(14-19(18)26-21(23)30)25-22-27-20-6-4-5-17(29(20)28-22)13-15-9-11-24(3,31)12-10-15/h4-8,14-15,31H,9-13H2,1-3H3,(H,25,28)(H,26,30). The van der Waals surface area contributed by atoms with Crippen LogP contribution in [0, 0.1) is 5.92 Å². The monoisotopic (exact) mass is 419 g/mol. The van der Waals surface area contributed by atoms with Gasteiger partial charge in [0.05, 0.1) is 11.0 Å². The van der Waals surface area contributed by atoms with E-state index >= 15 is 0 Å². The number of benzene rings is 1. The van der Waals surface area contributed by atoms with E-state index in [-0.39, 0.29) is 5.91 Å². The van der Waals surface area contributed by atoms with E-state index in [0.717, 1.165) is 60.4 Å². The molecule has 3 heterocycles. The zero-order valence-electron chi connectivity index (χ0n) is 18.3. The van der Waals surface area contributed by atoms with Gasteiger partial charge in [-0.3, -0.25) is 4.79 Å². The van der Waals surface area contributed by atoms with Crippen LogP contribution in [0.5, 0.6) is 0 Å². The lowest BCUT2D eigenvalue weighted by molar-refractivity contribution is -0.119. The maximum atomic E-state index is 12.2. The Kier molecular flexibility index (Phi) is 4.55. The predicted molar refractivity (Wildman–Crippen MR) is 121 cm³/mol. The second-order valence-electron chi connectivity index (χ2n) is 9.83. The van der Waals surface area contributed by atoms with Gasteiger partial charge in [0.2, 0.25) is 11.9 Å². The summed E-state index contributed by atoms with van der Waals surface area (Å²) in [6.07, 6.45) is 4.68. The van der Waals surface area contributed by atoms with E-state index in [1.54, 1.807) is 0 Å². The lowest BCUT2D eigenvalue weighted by atomic mass is 9.78. The van der Waals surface area contributed by atoms with Crippen molar-refractivity contribution >= 4 is 28.9 Å². The van der Waals surface area contributed by atoms with Gasteiger partial charge in [0.1, 0.15) is 0 Å². The van der Waals surface area contributed by atoms with Crippen LogP contribution in [0.4, 0.5) is 17.3 Å². The van der Waals surface area contributed by atoms with Crippen LogP contribution in [0.3, 0.4) is 0 Å². The van der Waals surface area contributed by atoms with Crippen molar-refractivity contribution in [3.05, 3.63) is 47.7 Å². The summed E-state index contributed by atoms with van der Waals surface area (Å²) in [6.45, 7) is 5.80. The van der Waals surface area contributed by atoms with E-state index in [1.165, 1.54) is 0 Å². The van der Waals surface area contributed by atoms with Crippen LogP contribution in [0.25, 0.3) is 5.65 Å². The number of fused-ring (bicyclic) bond motifs is 2. The molecule has 0 radical (unpaired) electrons. The molecule has 0 atom stereocenters. The van der Waals surface area contributed by atoms with Crippen LogP contribution in [0.15, 0.2) is 36.4 Å². The summed E-state index contributed by atoms with van der Waals surface area (Å²) in [7, 11) is 0. The molecular weight excluding hydrogens is 390 g/mol. The summed E-state index contributed by atoms with van der Waals surface area (Å²) < 4.78 is 1.91. The number of carbonyl (C=O) groups is 1. The van der Waals surface area contributed by atoms with Gasteiger partial charge >= 0.3 is 0 Å². The molecule has 162 valence electrons. The van der Waals surface area contributed by atoms with Gasteiger partial charge in [0, 0.05) is 17.1 Å². The predicted octanol–water partition coefficient (Wildman–Crippen LogP) is 4.19. The first kappa shape index (κ1) is 20.0. The lowest BCUT2D eigenvalue weighted by Gasteiger charge is -2.33.